The number of carbonyl (C=O) groups excluding carboxylic acids is 1. The molecule has 0 amide bonds. The fourth-order valence-electron chi connectivity index (χ4n) is 2.97. The molecular formula is C18H17F3N2O3S. The molecule has 1 fully saturated rings. The minimum absolute atomic E-state index is 0.00775. The lowest BCUT2D eigenvalue weighted by molar-refractivity contribution is 0.101. The first kappa shape index (κ1) is 19.4. The van der Waals surface area contributed by atoms with E-state index in [1.54, 1.807) is 4.90 Å². The summed E-state index contributed by atoms with van der Waals surface area (Å²) in [5.41, 5.74) is 0.507. The number of carbonyl (C=O) groups is 1. The van der Waals surface area contributed by atoms with Crippen LogP contribution in [0.3, 0.4) is 0 Å². The lowest BCUT2D eigenvalue weighted by Crippen LogP contribution is -2.49. The van der Waals surface area contributed by atoms with E-state index in [-0.39, 0.29) is 43.2 Å². The summed E-state index contributed by atoms with van der Waals surface area (Å²) in [5.74, 6) is -2.70. The number of anilines is 1. The van der Waals surface area contributed by atoms with Crippen LogP contribution in [0.15, 0.2) is 41.3 Å². The van der Waals surface area contributed by atoms with Crippen molar-refractivity contribution in [1.82, 2.24) is 4.31 Å². The molecule has 0 spiro atoms. The van der Waals surface area contributed by atoms with Gasteiger partial charge in [-0.1, -0.05) is 0 Å². The van der Waals surface area contributed by atoms with E-state index < -0.39 is 32.4 Å². The summed E-state index contributed by atoms with van der Waals surface area (Å²) in [6, 6.07) is 6.39. The standard InChI is InChI=1S/C18H17F3N2O3S/c1-12(24)13-2-5-17(16(21)10-13)22-6-8-23(9-7-22)27(25,26)18-11-14(19)3-4-15(18)20/h2-5,10-11H,6-9H2,1H3. The summed E-state index contributed by atoms with van der Waals surface area (Å²) >= 11 is 0. The lowest BCUT2D eigenvalue weighted by Gasteiger charge is -2.35. The number of sulfonamides is 1. The van der Waals surface area contributed by atoms with E-state index in [9.17, 15) is 26.4 Å². The molecule has 2 aromatic rings. The van der Waals surface area contributed by atoms with E-state index in [1.165, 1.54) is 19.1 Å². The van der Waals surface area contributed by atoms with Gasteiger partial charge in [-0.3, -0.25) is 4.79 Å². The number of hydrogen-bond acceptors (Lipinski definition) is 4. The largest absolute Gasteiger partial charge is 0.367 e. The van der Waals surface area contributed by atoms with Crippen LogP contribution in [0.4, 0.5) is 18.9 Å². The topological polar surface area (TPSA) is 57.7 Å². The monoisotopic (exact) mass is 398 g/mol. The highest BCUT2D eigenvalue weighted by Crippen LogP contribution is 2.25. The van der Waals surface area contributed by atoms with Crippen LogP contribution in [-0.2, 0) is 10.0 Å². The van der Waals surface area contributed by atoms with Gasteiger partial charge >= 0.3 is 0 Å². The summed E-state index contributed by atoms with van der Waals surface area (Å²) in [6.45, 7) is 1.67. The Labute approximate surface area is 155 Å². The Hall–Kier alpha value is -2.39. The second kappa shape index (κ2) is 7.32. The summed E-state index contributed by atoms with van der Waals surface area (Å²) in [5, 5.41) is 0. The third-order valence-electron chi connectivity index (χ3n) is 4.44. The molecule has 0 bridgehead atoms. The van der Waals surface area contributed by atoms with E-state index in [0.29, 0.717) is 6.07 Å². The molecule has 1 aliphatic rings. The number of rotatable bonds is 4. The number of ketones is 1. The van der Waals surface area contributed by atoms with Gasteiger partial charge in [0.15, 0.2) is 5.78 Å². The van der Waals surface area contributed by atoms with Crippen molar-refractivity contribution in [1.29, 1.82) is 0 Å². The van der Waals surface area contributed by atoms with E-state index in [0.717, 1.165) is 22.5 Å². The van der Waals surface area contributed by atoms with Gasteiger partial charge in [0, 0.05) is 31.7 Å². The predicted molar refractivity (Wildman–Crippen MR) is 93.7 cm³/mol. The average Bonchev–Trinajstić information content (AvgIpc) is 2.63. The second-order valence-corrected chi connectivity index (χ2v) is 8.09. The van der Waals surface area contributed by atoms with Gasteiger partial charge in [0.25, 0.3) is 0 Å². The predicted octanol–water partition coefficient (Wildman–Crippen LogP) is 2.82. The van der Waals surface area contributed by atoms with E-state index in [2.05, 4.69) is 0 Å². The van der Waals surface area contributed by atoms with Crippen LogP contribution >= 0.6 is 0 Å². The van der Waals surface area contributed by atoms with Gasteiger partial charge in [-0.2, -0.15) is 4.31 Å². The number of halogens is 3. The Morgan fingerprint density at radius 3 is 2.19 bits per heavy atom. The van der Waals surface area contributed by atoms with Crippen molar-refractivity contribution in [2.45, 2.75) is 11.8 Å². The number of hydrogen-bond donors (Lipinski definition) is 0. The molecule has 0 saturated carbocycles. The van der Waals surface area contributed by atoms with Gasteiger partial charge in [-0.25, -0.2) is 21.6 Å². The highest BCUT2D eigenvalue weighted by molar-refractivity contribution is 7.89. The molecule has 0 atom stereocenters. The molecule has 0 aliphatic carbocycles. The normalized spacial score (nSPS) is 15.8. The molecule has 2 aromatic carbocycles. The van der Waals surface area contributed by atoms with Crippen LogP contribution in [-0.4, -0.2) is 44.7 Å². The van der Waals surface area contributed by atoms with Crippen LogP contribution in [0.5, 0.6) is 0 Å². The Morgan fingerprint density at radius 1 is 0.926 bits per heavy atom. The zero-order valence-corrected chi connectivity index (χ0v) is 15.3. The zero-order valence-electron chi connectivity index (χ0n) is 14.5. The summed E-state index contributed by atoms with van der Waals surface area (Å²) in [6.07, 6.45) is 0. The molecule has 0 radical (unpaired) electrons. The number of benzene rings is 2. The van der Waals surface area contributed by atoms with Crippen molar-refractivity contribution in [3.05, 3.63) is 59.4 Å². The third-order valence-corrected chi connectivity index (χ3v) is 6.36. The second-order valence-electron chi connectivity index (χ2n) is 6.19. The molecule has 1 saturated heterocycles. The maximum Gasteiger partial charge on any atom is 0.246 e. The molecule has 1 heterocycles. The number of nitrogens with zero attached hydrogens (tertiary/aromatic N) is 2. The Kier molecular flexibility index (Phi) is 5.25. The van der Waals surface area contributed by atoms with Crippen molar-refractivity contribution in [2.75, 3.05) is 31.1 Å². The van der Waals surface area contributed by atoms with E-state index >= 15 is 0 Å². The first-order valence-corrected chi connectivity index (χ1v) is 9.65. The Bertz CT molecular complexity index is 987. The lowest BCUT2D eigenvalue weighted by atomic mass is 10.1. The smallest absolute Gasteiger partial charge is 0.246 e. The molecule has 144 valence electrons. The summed E-state index contributed by atoms with van der Waals surface area (Å²) < 4.78 is 67.7. The van der Waals surface area contributed by atoms with Gasteiger partial charge in [0.05, 0.1) is 5.69 Å². The van der Waals surface area contributed by atoms with Crippen LogP contribution in [0.2, 0.25) is 0 Å². The molecule has 27 heavy (non-hydrogen) atoms. The molecule has 9 heteroatoms. The molecule has 0 unspecified atom stereocenters. The molecular weight excluding hydrogens is 381 g/mol. The van der Waals surface area contributed by atoms with E-state index in [1.807, 2.05) is 0 Å². The van der Waals surface area contributed by atoms with Gasteiger partial charge in [-0.05, 0) is 43.3 Å². The van der Waals surface area contributed by atoms with Crippen LogP contribution in [0.25, 0.3) is 0 Å². The Balaban J connectivity index is 1.77. The van der Waals surface area contributed by atoms with Crippen LogP contribution in [0.1, 0.15) is 17.3 Å². The van der Waals surface area contributed by atoms with E-state index in [4.69, 9.17) is 0 Å². The molecule has 0 N–H and O–H groups in total. The van der Waals surface area contributed by atoms with Gasteiger partial charge < -0.3 is 4.90 Å². The first-order chi connectivity index (χ1) is 12.7. The quantitative estimate of drug-likeness (QED) is 0.744. The molecule has 3 rings (SSSR count). The van der Waals surface area contributed by atoms with Gasteiger partial charge in [-0.15, -0.1) is 0 Å². The maximum atomic E-state index is 14.3. The fourth-order valence-corrected chi connectivity index (χ4v) is 4.46. The van der Waals surface area contributed by atoms with Gasteiger partial charge in [0.1, 0.15) is 22.3 Å². The maximum absolute atomic E-state index is 14.3. The summed E-state index contributed by atoms with van der Waals surface area (Å²) in [4.78, 5) is 12.2. The minimum Gasteiger partial charge on any atom is -0.367 e. The first-order valence-electron chi connectivity index (χ1n) is 8.21. The SMILES string of the molecule is CC(=O)c1ccc(N2CCN(S(=O)(=O)c3cc(F)ccc3F)CC2)c(F)c1. The van der Waals surface area contributed by atoms with Crippen molar-refractivity contribution >= 4 is 21.5 Å². The number of piperazine rings is 1. The van der Waals surface area contributed by atoms with Crippen molar-refractivity contribution < 1.29 is 26.4 Å². The highest BCUT2D eigenvalue weighted by Gasteiger charge is 2.31. The molecule has 0 aromatic heterocycles. The van der Waals surface area contributed by atoms with Gasteiger partial charge in [0.2, 0.25) is 10.0 Å². The summed E-state index contributed by atoms with van der Waals surface area (Å²) in [7, 11) is -4.20. The minimum atomic E-state index is -4.20. The highest BCUT2D eigenvalue weighted by atomic mass is 32.2. The zero-order chi connectivity index (χ0) is 19.8. The Morgan fingerprint density at radius 2 is 1.59 bits per heavy atom. The third kappa shape index (κ3) is 3.84. The average molecular weight is 398 g/mol. The molecule has 1 aliphatic heterocycles. The van der Waals surface area contributed by atoms with Crippen molar-refractivity contribution in [3.8, 4) is 0 Å². The van der Waals surface area contributed by atoms with Crippen LogP contribution in [0, 0.1) is 17.5 Å². The van der Waals surface area contributed by atoms with Crippen molar-refractivity contribution in [2.24, 2.45) is 0 Å². The fraction of sp³-hybridized carbons (Fsp3) is 0.278. The molecule has 5 nitrogen and oxygen atoms in total. The van der Waals surface area contributed by atoms with Crippen LogP contribution < -0.4 is 4.90 Å². The van der Waals surface area contributed by atoms with Crippen molar-refractivity contribution in [3.63, 3.8) is 0 Å². The number of Topliss-reactive ketones (excluding diaryl/α,β-unsaturated/α-hetero) is 1.